The summed E-state index contributed by atoms with van der Waals surface area (Å²) in [4.78, 5) is 12.9. The molecular weight excluding hydrogens is 415 g/mol. The standard InChI is InChI=1S/C27H35FN4O/c1-5-6-9-17-32-25(22-12-7-8-14-23(22)28)18-24(31-32)27(33)30-16-15-19(2)21-13-10-11-20(3)26(21)29-4/h7-8,10-14,25,29H,2,5-6,9,15-18H2,1,3-4H3,(H,30,33). The zero-order chi connectivity index (χ0) is 23.8. The maximum atomic E-state index is 14.5. The van der Waals surface area contributed by atoms with Crippen molar-refractivity contribution in [2.24, 2.45) is 5.10 Å². The van der Waals surface area contributed by atoms with E-state index in [1.54, 1.807) is 12.1 Å². The van der Waals surface area contributed by atoms with E-state index in [-0.39, 0.29) is 17.8 Å². The number of nitrogens with zero attached hydrogens (tertiary/aromatic N) is 2. The number of halogens is 1. The molecule has 0 saturated heterocycles. The Morgan fingerprint density at radius 2 is 2.00 bits per heavy atom. The van der Waals surface area contributed by atoms with Crippen LogP contribution in [0.1, 0.15) is 61.8 Å². The lowest BCUT2D eigenvalue weighted by Gasteiger charge is -2.24. The number of carbonyl (C=O) groups excluding carboxylic acids is 1. The maximum absolute atomic E-state index is 14.5. The first-order valence-corrected chi connectivity index (χ1v) is 11.8. The number of carbonyl (C=O) groups is 1. The second kappa shape index (κ2) is 11.6. The molecule has 2 aromatic rings. The lowest BCUT2D eigenvalue weighted by atomic mass is 9.99. The summed E-state index contributed by atoms with van der Waals surface area (Å²) >= 11 is 0. The number of hydrogen-bond acceptors (Lipinski definition) is 4. The Hall–Kier alpha value is -3.15. The lowest BCUT2D eigenvalue weighted by Crippen LogP contribution is -2.31. The van der Waals surface area contributed by atoms with Crippen LogP contribution >= 0.6 is 0 Å². The summed E-state index contributed by atoms with van der Waals surface area (Å²) in [7, 11) is 1.90. The average Bonchev–Trinajstić information content (AvgIpc) is 3.23. The van der Waals surface area contributed by atoms with Gasteiger partial charge < -0.3 is 10.6 Å². The van der Waals surface area contributed by atoms with E-state index < -0.39 is 0 Å². The summed E-state index contributed by atoms with van der Waals surface area (Å²) in [5.41, 5.74) is 5.28. The lowest BCUT2D eigenvalue weighted by molar-refractivity contribution is -0.114. The van der Waals surface area contributed by atoms with Crippen LogP contribution in [-0.4, -0.2) is 36.8 Å². The fourth-order valence-corrected chi connectivity index (χ4v) is 4.30. The Kier molecular flexibility index (Phi) is 8.64. The van der Waals surface area contributed by atoms with Gasteiger partial charge >= 0.3 is 0 Å². The molecule has 2 N–H and O–H groups in total. The second-order valence-electron chi connectivity index (χ2n) is 8.52. The Labute approximate surface area is 196 Å². The van der Waals surface area contributed by atoms with Crippen LogP contribution in [0.3, 0.4) is 0 Å². The first-order valence-electron chi connectivity index (χ1n) is 11.8. The Morgan fingerprint density at radius 1 is 1.21 bits per heavy atom. The van der Waals surface area contributed by atoms with Crippen molar-refractivity contribution >= 4 is 22.9 Å². The number of aryl methyl sites for hydroxylation is 1. The van der Waals surface area contributed by atoms with E-state index in [1.165, 1.54) is 6.07 Å². The molecule has 0 aromatic heterocycles. The van der Waals surface area contributed by atoms with E-state index in [1.807, 2.05) is 30.3 Å². The molecule has 176 valence electrons. The zero-order valence-corrected chi connectivity index (χ0v) is 20.0. The summed E-state index contributed by atoms with van der Waals surface area (Å²) in [6.07, 6.45) is 4.17. The van der Waals surface area contributed by atoms with Gasteiger partial charge in [-0.05, 0) is 37.0 Å². The third-order valence-corrected chi connectivity index (χ3v) is 6.13. The minimum absolute atomic E-state index is 0.194. The van der Waals surface area contributed by atoms with Crippen LogP contribution in [0.25, 0.3) is 5.57 Å². The number of hydrogen-bond donors (Lipinski definition) is 2. The number of para-hydroxylation sites is 1. The van der Waals surface area contributed by atoms with Crippen molar-refractivity contribution in [2.45, 2.75) is 52.0 Å². The van der Waals surface area contributed by atoms with Gasteiger partial charge in [0.25, 0.3) is 5.91 Å². The number of unbranched alkanes of at least 4 members (excludes halogenated alkanes) is 2. The smallest absolute Gasteiger partial charge is 0.267 e. The number of benzene rings is 2. The van der Waals surface area contributed by atoms with Gasteiger partial charge in [-0.25, -0.2) is 4.39 Å². The minimum atomic E-state index is -0.255. The van der Waals surface area contributed by atoms with Gasteiger partial charge in [0.15, 0.2) is 0 Å². The molecule has 0 aliphatic carbocycles. The Balaban J connectivity index is 1.63. The fourth-order valence-electron chi connectivity index (χ4n) is 4.30. The molecule has 0 spiro atoms. The second-order valence-corrected chi connectivity index (χ2v) is 8.52. The molecule has 1 aliphatic heterocycles. The number of anilines is 1. The first kappa shape index (κ1) is 24.5. The molecule has 6 heteroatoms. The van der Waals surface area contributed by atoms with Crippen molar-refractivity contribution in [3.05, 3.63) is 71.6 Å². The molecule has 1 unspecified atom stereocenters. The van der Waals surface area contributed by atoms with E-state index in [0.29, 0.717) is 37.2 Å². The molecule has 5 nitrogen and oxygen atoms in total. The summed E-state index contributed by atoms with van der Waals surface area (Å²) in [5, 5.41) is 12.7. The van der Waals surface area contributed by atoms with E-state index in [0.717, 1.165) is 41.6 Å². The van der Waals surface area contributed by atoms with Crippen LogP contribution < -0.4 is 10.6 Å². The Morgan fingerprint density at radius 3 is 2.73 bits per heavy atom. The average molecular weight is 451 g/mol. The third kappa shape index (κ3) is 6.01. The van der Waals surface area contributed by atoms with Crippen molar-refractivity contribution in [3.63, 3.8) is 0 Å². The number of amides is 1. The van der Waals surface area contributed by atoms with Crippen LogP contribution in [0.5, 0.6) is 0 Å². The molecule has 1 amide bonds. The Bertz CT molecular complexity index is 1020. The first-order chi connectivity index (χ1) is 16.0. The molecule has 0 fully saturated rings. The number of nitrogens with one attached hydrogen (secondary N) is 2. The fraction of sp³-hybridized carbons (Fsp3) is 0.407. The van der Waals surface area contributed by atoms with Gasteiger partial charge in [0.2, 0.25) is 0 Å². The van der Waals surface area contributed by atoms with Crippen molar-refractivity contribution in [1.82, 2.24) is 10.3 Å². The number of hydrazone groups is 1. The third-order valence-electron chi connectivity index (χ3n) is 6.13. The highest BCUT2D eigenvalue weighted by molar-refractivity contribution is 6.39. The molecule has 1 aliphatic rings. The van der Waals surface area contributed by atoms with Crippen molar-refractivity contribution < 1.29 is 9.18 Å². The van der Waals surface area contributed by atoms with Crippen LogP contribution in [0.4, 0.5) is 10.1 Å². The van der Waals surface area contributed by atoms with Gasteiger partial charge in [0.1, 0.15) is 11.5 Å². The molecule has 0 saturated carbocycles. The topological polar surface area (TPSA) is 56.7 Å². The molecule has 1 heterocycles. The SMILES string of the molecule is C=C(CCNC(=O)C1=NN(CCCCC)C(c2ccccc2F)C1)c1cccc(C)c1NC. The molecule has 33 heavy (non-hydrogen) atoms. The molecule has 2 aromatic carbocycles. The quantitative estimate of drug-likeness (QED) is 0.433. The van der Waals surface area contributed by atoms with Crippen LogP contribution in [-0.2, 0) is 4.79 Å². The van der Waals surface area contributed by atoms with E-state index >= 15 is 0 Å². The summed E-state index contributed by atoms with van der Waals surface area (Å²) in [6, 6.07) is 12.6. The summed E-state index contributed by atoms with van der Waals surface area (Å²) in [6.45, 7) is 9.59. The monoisotopic (exact) mass is 450 g/mol. The van der Waals surface area contributed by atoms with Gasteiger partial charge in [-0.3, -0.25) is 9.80 Å². The molecule has 0 bridgehead atoms. The van der Waals surface area contributed by atoms with Gasteiger partial charge in [0, 0.05) is 43.4 Å². The predicted molar refractivity (Wildman–Crippen MR) is 135 cm³/mol. The largest absolute Gasteiger partial charge is 0.387 e. The molecule has 3 rings (SSSR count). The zero-order valence-electron chi connectivity index (χ0n) is 20.0. The van der Waals surface area contributed by atoms with Gasteiger partial charge in [-0.2, -0.15) is 5.10 Å². The molecule has 1 atom stereocenters. The summed E-state index contributed by atoms with van der Waals surface area (Å²) in [5.74, 6) is -0.449. The van der Waals surface area contributed by atoms with Crippen molar-refractivity contribution in [2.75, 3.05) is 25.5 Å². The molecular formula is C27H35FN4O. The van der Waals surface area contributed by atoms with Crippen LogP contribution in [0.15, 0.2) is 54.1 Å². The normalized spacial score (nSPS) is 15.3. The van der Waals surface area contributed by atoms with Crippen LogP contribution in [0, 0.1) is 12.7 Å². The van der Waals surface area contributed by atoms with Crippen molar-refractivity contribution in [1.29, 1.82) is 0 Å². The van der Waals surface area contributed by atoms with Crippen LogP contribution in [0.2, 0.25) is 0 Å². The highest BCUT2D eigenvalue weighted by atomic mass is 19.1. The number of rotatable bonds is 11. The van der Waals surface area contributed by atoms with Gasteiger partial charge in [0.05, 0.1) is 6.04 Å². The highest BCUT2D eigenvalue weighted by Gasteiger charge is 2.32. The molecule has 0 radical (unpaired) electrons. The van der Waals surface area contributed by atoms with E-state index in [4.69, 9.17) is 0 Å². The van der Waals surface area contributed by atoms with Crippen molar-refractivity contribution in [3.8, 4) is 0 Å². The highest BCUT2D eigenvalue weighted by Crippen LogP contribution is 2.32. The predicted octanol–water partition coefficient (Wildman–Crippen LogP) is 5.69. The van der Waals surface area contributed by atoms with Gasteiger partial charge in [-0.1, -0.05) is 62.7 Å². The van der Waals surface area contributed by atoms with E-state index in [9.17, 15) is 9.18 Å². The minimum Gasteiger partial charge on any atom is -0.387 e. The van der Waals surface area contributed by atoms with Gasteiger partial charge in [-0.15, -0.1) is 0 Å². The van der Waals surface area contributed by atoms with E-state index in [2.05, 4.69) is 42.2 Å². The summed E-state index contributed by atoms with van der Waals surface area (Å²) < 4.78 is 14.5. The maximum Gasteiger partial charge on any atom is 0.267 e.